The third-order valence-electron chi connectivity index (χ3n) is 5.63. The van der Waals surface area contributed by atoms with Gasteiger partial charge in [-0.1, -0.05) is 6.07 Å². The molecule has 3 heterocycles. The van der Waals surface area contributed by atoms with Gasteiger partial charge in [0.15, 0.2) is 0 Å². The number of carbonyl (C=O) groups is 1. The lowest BCUT2D eigenvalue weighted by Crippen LogP contribution is -2.21. The minimum atomic E-state index is -0.321. The Balaban J connectivity index is 1.54. The third-order valence-corrected chi connectivity index (χ3v) is 5.63. The maximum atomic E-state index is 12.9. The number of ether oxygens (including phenoxy) is 1. The van der Waals surface area contributed by atoms with Gasteiger partial charge in [0.05, 0.1) is 5.56 Å². The summed E-state index contributed by atoms with van der Waals surface area (Å²) in [5.41, 5.74) is 4.66. The number of rotatable bonds is 6. The summed E-state index contributed by atoms with van der Waals surface area (Å²) in [7, 11) is 0. The Morgan fingerprint density at radius 2 is 1.96 bits per heavy atom. The highest BCUT2D eigenvalue weighted by Gasteiger charge is 2.21. The lowest BCUT2D eigenvalue weighted by molar-refractivity contribution is 0.0339. The molecular weight excluding hydrogens is 350 g/mol. The van der Waals surface area contributed by atoms with Gasteiger partial charge in [0.1, 0.15) is 6.10 Å². The SMILES string of the molecule is Cc1[nH]c2ccc(CCN3CCCC3)cc2c1C(=O)O[C@@H](C)c1ccncc1. The van der Waals surface area contributed by atoms with E-state index in [1.54, 1.807) is 12.4 Å². The van der Waals surface area contributed by atoms with Crippen LogP contribution in [0.3, 0.4) is 0 Å². The van der Waals surface area contributed by atoms with Crippen molar-refractivity contribution in [2.45, 2.75) is 39.2 Å². The van der Waals surface area contributed by atoms with E-state index >= 15 is 0 Å². The predicted molar refractivity (Wildman–Crippen MR) is 110 cm³/mol. The predicted octanol–water partition coefficient (Wildman–Crippen LogP) is 4.43. The summed E-state index contributed by atoms with van der Waals surface area (Å²) in [5, 5.41) is 0.948. The molecule has 0 spiro atoms. The van der Waals surface area contributed by atoms with Crippen molar-refractivity contribution < 1.29 is 9.53 Å². The number of benzene rings is 1. The zero-order valence-corrected chi connectivity index (χ0v) is 16.6. The summed E-state index contributed by atoms with van der Waals surface area (Å²) in [6.07, 6.45) is 6.72. The highest BCUT2D eigenvalue weighted by atomic mass is 16.5. The number of hydrogen-bond donors (Lipinski definition) is 1. The fourth-order valence-corrected chi connectivity index (χ4v) is 4.01. The molecule has 2 aromatic heterocycles. The lowest BCUT2D eigenvalue weighted by atomic mass is 10.1. The zero-order chi connectivity index (χ0) is 19.5. The number of pyridine rings is 1. The molecule has 3 aromatic rings. The number of aryl methyl sites for hydroxylation is 1. The molecule has 28 heavy (non-hydrogen) atoms. The van der Waals surface area contributed by atoms with Crippen molar-refractivity contribution in [1.82, 2.24) is 14.9 Å². The number of esters is 1. The fraction of sp³-hybridized carbons (Fsp3) is 0.391. The highest BCUT2D eigenvalue weighted by molar-refractivity contribution is 6.05. The zero-order valence-electron chi connectivity index (χ0n) is 16.6. The van der Waals surface area contributed by atoms with E-state index < -0.39 is 0 Å². The molecule has 0 saturated carbocycles. The first-order valence-electron chi connectivity index (χ1n) is 10.1. The number of carbonyl (C=O) groups excluding carboxylic acids is 1. The Hall–Kier alpha value is -2.66. The normalized spacial score (nSPS) is 15.8. The summed E-state index contributed by atoms with van der Waals surface area (Å²) in [5.74, 6) is -0.287. The quantitative estimate of drug-likeness (QED) is 0.646. The summed E-state index contributed by atoms with van der Waals surface area (Å²) in [6, 6.07) is 10.1. The van der Waals surface area contributed by atoms with Crippen LogP contribution in [-0.2, 0) is 11.2 Å². The Kier molecular flexibility index (Phi) is 5.44. The molecule has 1 N–H and O–H groups in total. The van der Waals surface area contributed by atoms with Crippen molar-refractivity contribution in [3.8, 4) is 0 Å². The van der Waals surface area contributed by atoms with Crippen LogP contribution in [0, 0.1) is 6.92 Å². The molecule has 0 aliphatic carbocycles. The van der Waals surface area contributed by atoms with Crippen LogP contribution in [0.15, 0.2) is 42.7 Å². The first-order chi connectivity index (χ1) is 13.6. The number of likely N-dealkylation sites (tertiary alicyclic amines) is 1. The molecule has 5 nitrogen and oxygen atoms in total. The van der Waals surface area contributed by atoms with Crippen molar-refractivity contribution in [3.05, 3.63) is 65.1 Å². The Bertz CT molecular complexity index is 959. The van der Waals surface area contributed by atoms with Crippen molar-refractivity contribution in [2.24, 2.45) is 0 Å². The molecule has 0 radical (unpaired) electrons. The Labute approximate surface area is 165 Å². The molecule has 4 rings (SSSR count). The third kappa shape index (κ3) is 3.94. The van der Waals surface area contributed by atoms with Crippen molar-refractivity contribution >= 4 is 16.9 Å². The van der Waals surface area contributed by atoms with E-state index in [0.29, 0.717) is 5.56 Å². The molecule has 1 saturated heterocycles. The Morgan fingerprint density at radius 3 is 2.71 bits per heavy atom. The largest absolute Gasteiger partial charge is 0.454 e. The Morgan fingerprint density at radius 1 is 1.21 bits per heavy atom. The van der Waals surface area contributed by atoms with Gasteiger partial charge in [-0.2, -0.15) is 0 Å². The number of nitrogens with one attached hydrogen (secondary N) is 1. The molecular formula is C23H27N3O2. The molecule has 146 valence electrons. The van der Waals surface area contributed by atoms with Crippen molar-refractivity contribution in [1.29, 1.82) is 0 Å². The summed E-state index contributed by atoms with van der Waals surface area (Å²) < 4.78 is 5.76. The van der Waals surface area contributed by atoms with E-state index in [4.69, 9.17) is 4.74 Å². The second-order valence-electron chi connectivity index (χ2n) is 7.63. The summed E-state index contributed by atoms with van der Waals surface area (Å²) in [6.45, 7) is 7.30. The van der Waals surface area contributed by atoms with Gasteiger partial charge in [-0.15, -0.1) is 0 Å². The average molecular weight is 377 g/mol. The molecule has 1 aliphatic rings. The molecule has 0 unspecified atom stereocenters. The number of nitrogens with zero attached hydrogens (tertiary/aromatic N) is 2. The minimum absolute atomic E-state index is 0.287. The van der Waals surface area contributed by atoms with Crippen LogP contribution in [0.1, 0.15) is 53.0 Å². The van der Waals surface area contributed by atoms with Crippen molar-refractivity contribution in [2.75, 3.05) is 19.6 Å². The van der Waals surface area contributed by atoms with Crippen LogP contribution < -0.4 is 0 Å². The second-order valence-corrected chi connectivity index (χ2v) is 7.63. The second kappa shape index (κ2) is 8.15. The van der Waals surface area contributed by atoms with E-state index in [1.165, 1.54) is 31.5 Å². The van der Waals surface area contributed by atoms with Gasteiger partial charge in [0.2, 0.25) is 0 Å². The molecule has 0 bridgehead atoms. The summed E-state index contributed by atoms with van der Waals surface area (Å²) >= 11 is 0. The topological polar surface area (TPSA) is 58.2 Å². The number of fused-ring (bicyclic) bond motifs is 1. The van der Waals surface area contributed by atoms with Gasteiger partial charge in [-0.05, 0) is 81.6 Å². The summed E-state index contributed by atoms with van der Waals surface area (Å²) in [4.78, 5) is 22.8. The number of aromatic amines is 1. The van der Waals surface area contributed by atoms with Gasteiger partial charge in [0, 0.05) is 35.5 Å². The van der Waals surface area contributed by atoms with E-state index in [0.717, 1.165) is 35.1 Å². The number of H-pyrrole nitrogens is 1. The van der Waals surface area contributed by atoms with Crippen molar-refractivity contribution in [3.63, 3.8) is 0 Å². The first kappa shape index (κ1) is 18.7. The van der Waals surface area contributed by atoms with Crippen LogP contribution in [-0.4, -0.2) is 40.5 Å². The van der Waals surface area contributed by atoms with Crippen LogP contribution >= 0.6 is 0 Å². The number of hydrogen-bond acceptors (Lipinski definition) is 4. The van der Waals surface area contributed by atoms with Crippen LogP contribution in [0.4, 0.5) is 0 Å². The number of aromatic nitrogens is 2. The smallest absolute Gasteiger partial charge is 0.341 e. The van der Waals surface area contributed by atoms with Crippen LogP contribution in [0.25, 0.3) is 10.9 Å². The van der Waals surface area contributed by atoms with Crippen LogP contribution in [0.2, 0.25) is 0 Å². The van der Waals surface area contributed by atoms with Gasteiger partial charge in [-0.25, -0.2) is 4.79 Å². The average Bonchev–Trinajstić information content (AvgIpc) is 3.33. The molecule has 0 amide bonds. The van der Waals surface area contributed by atoms with E-state index in [1.807, 2.05) is 26.0 Å². The van der Waals surface area contributed by atoms with Gasteiger partial charge in [-0.3, -0.25) is 4.98 Å². The van der Waals surface area contributed by atoms with E-state index in [-0.39, 0.29) is 12.1 Å². The van der Waals surface area contributed by atoms with Crippen LogP contribution in [0.5, 0.6) is 0 Å². The standard InChI is InChI=1S/C23H27N3O2/c1-16-22(23(27)28-17(2)19-7-10-24-11-8-19)20-15-18(5-6-21(20)25-16)9-14-26-12-3-4-13-26/h5-8,10-11,15,17,25H,3-4,9,12-14H2,1-2H3/t17-/m0/s1. The van der Waals surface area contributed by atoms with Gasteiger partial charge >= 0.3 is 5.97 Å². The molecule has 1 atom stereocenters. The molecule has 1 aromatic carbocycles. The first-order valence-corrected chi connectivity index (χ1v) is 10.1. The maximum absolute atomic E-state index is 12.9. The fourth-order valence-electron chi connectivity index (χ4n) is 4.01. The highest BCUT2D eigenvalue weighted by Crippen LogP contribution is 2.27. The monoisotopic (exact) mass is 377 g/mol. The van der Waals surface area contributed by atoms with E-state index in [9.17, 15) is 4.79 Å². The molecule has 1 fully saturated rings. The molecule has 1 aliphatic heterocycles. The maximum Gasteiger partial charge on any atom is 0.341 e. The minimum Gasteiger partial charge on any atom is -0.454 e. The molecule has 5 heteroatoms. The van der Waals surface area contributed by atoms with Gasteiger partial charge in [0.25, 0.3) is 0 Å². The lowest BCUT2D eigenvalue weighted by Gasteiger charge is -2.15. The van der Waals surface area contributed by atoms with E-state index in [2.05, 4.69) is 33.1 Å². The van der Waals surface area contributed by atoms with Gasteiger partial charge < -0.3 is 14.6 Å².